The van der Waals surface area contributed by atoms with Crippen LogP contribution in [0.25, 0.3) is 0 Å². The van der Waals surface area contributed by atoms with E-state index in [0.29, 0.717) is 19.3 Å². The summed E-state index contributed by atoms with van der Waals surface area (Å²) in [6.07, 6.45) is 42.1. The van der Waals surface area contributed by atoms with E-state index in [2.05, 4.69) is 38.2 Å². The lowest BCUT2D eigenvalue weighted by Gasteiger charge is -2.31. The maximum absolute atomic E-state index is 12.7. The van der Waals surface area contributed by atoms with Crippen LogP contribution in [0.3, 0.4) is 0 Å². The Labute approximate surface area is 339 Å². The number of hydrogen-bond donors (Lipinski definition) is 1. The number of unbranched alkanes of at least 4 members (excludes halogenated alkanes) is 24. The topological polar surface area (TPSA) is 99.1 Å². The minimum Gasteiger partial charge on any atom is -0.477 e. The van der Waals surface area contributed by atoms with Gasteiger partial charge in [-0.15, -0.1) is 0 Å². The first-order valence-corrected chi connectivity index (χ1v) is 22.9. The van der Waals surface area contributed by atoms with Crippen molar-refractivity contribution in [3.8, 4) is 0 Å². The third kappa shape index (κ3) is 37.2. The van der Waals surface area contributed by atoms with Crippen LogP contribution in [0.15, 0.2) is 24.3 Å². The first-order chi connectivity index (χ1) is 26.6. The molecule has 0 heterocycles. The predicted octanol–water partition coefficient (Wildman–Crippen LogP) is 12.5. The van der Waals surface area contributed by atoms with E-state index in [1.165, 1.54) is 128 Å². The first-order valence-electron chi connectivity index (χ1n) is 22.9. The van der Waals surface area contributed by atoms with E-state index in [0.717, 1.165) is 44.9 Å². The summed E-state index contributed by atoms with van der Waals surface area (Å²) >= 11 is 0. The van der Waals surface area contributed by atoms with E-state index in [1.54, 1.807) is 0 Å². The van der Waals surface area contributed by atoms with Crippen molar-refractivity contribution in [1.29, 1.82) is 0 Å². The molecule has 0 aliphatic heterocycles. The highest BCUT2D eigenvalue weighted by Gasteiger charge is 2.31. The number of nitrogens with zero attached hydrogens (tertiary/aromatic N) is 1. The van der Waals surface area contributed by atoms with Crippen LogP contribution in [0.5, 0.6) is 0 Å². The molecule has 322 valence electrons. The Hall–Kier alpha value is -2.19. The fraction of sp³-hybridized carbons (Fsp3) is 0.851. The van der Waals surface area contributed by atoms with Crippen molar-refractivity contribution < 1.29 is 38.2 Å². The fourth-order valence-corrected chi connectivity index (χ4v) is 6.79. The smallest absolute Gasteiger partial charge is 0.362 e. The van der Waals surface area contributed by atoms with E-state index < -0.39 is 18.1 Å². The zero-order valence-electron chi connectivity index (χ0n) is 36.6. The number of carbonyl (C=O) groups excluding carboxylic acids is 2. The Kier molecular flexibility index (Phi) is 37.1. The molecule has 8 heteroatoms. The van der Waals surface area contributed by atoms with Gasteiger partial charge in [0.15, 0.2) is 12.1 Å². The van der Waals surface area contributed by atoms with Gasteiger partial charge in [-0.1, -0.05) is 173 Å². The highest BCUT2D eigenvalue weighted by molar-refractivity contribution is 5.72. The molecule has 55 heavy (non-hydrogen) atoms. The van der Waals surface area contributed by atoms with Crippen molar-refractivity contribution in [1.82, 2.24) is 0 Å². The Morgan fingerprint density at radius 2 is 0.945 bits per heavy atom. The van der Waals surface area contributed by atoms with E-state index in [4.69, 9.17) is 14.2 Å². The van der Waals surface area contributed by atoms with Crippen molar-refractivity contribution in [3.05, 3.63) is 24.3 Å². The molecule has 8 nitrogen and oxygen atoms in total. The third-order valence-corrected chi connectivity index (χ3v) is 10.4. The van der Waals surface area contributed by atoms with Crippen molar-refractivity contribution in [2.24, 2.45) is 0 Å². The minimum absolute atomic E-state index is 0.0529. The maximum Gasteiger partial charge on any atom is 0.362 e. The molecule has 0 saturated heterocycles. The van der Waals surface area contributed by atoms with Gasteiger partial charge in [0.1, 0.15) is 6.61 Å². The molecule has 0 saturated carbocycles. The highest BCUT2D eigenvalue weighted by Crippen LogP contribution is 2.15. The average molecular weight is 779 g/mol. The summed E-state index contributed by atoms with van der Waals surface area (Å²) in [5, 5.41) is 9.62. The summed E-state index contributed by atoms with van der Waals surface area (Å²) in [6.45, 7) is 4.72. The van der Waals surface area contributed by atoms with E-state index in [-0.39, 0.29) is 36.2 Å². The molecule has 1 N–H and O–H groups in total. The van der Waals surface area contributed by atoms with Gasteiger partial charge in [-0.3, -0.25) is 9.59 Å². The van der Waals surface area contributed by atoms with Crippen LogP contribution >= 0.6 is 0 Å². The molecule has 0 aromatic heterocycles. The molecule has 0 radical (unpaired) electrons. The lowest BCUT2D eigenvalue weighted by Crippen LogP contribution is -2.50. The summed E-state index contributed by atoms with van der Waals surface area (Å²) in [4.78, 5) is 37.0. The summed E-state index contributed by atoms with van der Waals surface area (Å²) in [5.74, 6) is -1.47. The van der Waals surface area contributed by atoms with Crippen LogP contribution in [-0.4, -0.2) is 80.6 Å². The molecule has 0 bridgehead atoms. The second kappa shape index (κ2) is 38.7. The maximum atomic E-state index is 12.7. The van der Waals surface area contributed by atoms with Gasteiger partial charge in [-0.2, -0.15) is 0 Å². The molecule has 0 aromatic carbocycles. The number of esters is 2. The average Bonchev–Trinajstić information content (AvgIpc) is 3.14. The molecule has 2 atom stereocenters. The van der Waals surface area contributed by atoms with Gasteiger partial charge in [-0.05, 0) is 38.5 Å². The third-order valence-electron chi connectivity index (χ3n) is 10.4. The molecular weight excluding hydrogens is 691 g/mol. The first kappa shape index (κ1) is 52.8. The molecular formula is C47H88NO7+. The van der Waals surface area contributed by atoms with Gasteiger partial charge >= 0.3 is 17.9 Å². The number of hydrogen-bond acceptors (Lipinski definition) is 6. The van der Waals surface area contributed by atoms with E-state index in [9.17, 15) is 19.5 Å². The van der Waals surface area contributed by atoms with Crippen LogP contribution in [0.1, 0.15) is 206 Å². The van der Waals surface area contributed by atoms with Gasteiger partial charge in [0.25, 0.3) is 0 Å². The molecule has 0 fully saturated rings. The molecule has 0 rings (SSSR count). The Morgan fingerprint density at radius 1 is 0.545 bits per heavy atom. The fourth-order valence-electron chi connectivity index (χ4n) is 6.79. The van der Waals surface area contributed by atoms with Gasteiger partial charge in [0.05, 0.1) is 34.4 Å². The van der Waals surface area contributed by atoms with Crippen LogP contribution < -0.4 is 0 Å². The normalized spacial score (nSPS) is 13.1. The Morgan fingerprint density at radius 3 is 1.40 bits per heavy atom. The number of carbonyl (C=O) groups is 3. The molecule has 0 aliphatic rings. The largest absolute Gasteiger partial charge is 0.477 e. The number of quaternary nitrogens is 1. The second-order valence-corrected chi connectivity index (χ2v) is 16.7. The van der Waals surface area contributed by atoms with Crippen LogP contribution in [0.2, 0.25) is 0 Å². The summed E-state index contributed by atoms with van der Waals surface area (Å²) in [7, 11) is 5.53. The second-order valence-electron chi connectivity index (χ2n) is 16.7. The lowest BCUT2D eigenvalue weighted by atomic mass is 10.0. The Bertz CT molecular complexity index is 957. The minimum atomic E-state index is -0.875. The quantitative estimate of drug-likeness (QED) is 0.0285. The molecule has 0 spiro atoms. The molecule has 0 amide bonds. The zero-order valence-corrected chi connectivity index (χ0v) is 36.6. The lowest BCUT2D eigenvalue weighted by molar-refractivity contribution is -0.887. The molecule has 2 unspecified atom stereocenters. The molecule has 0 aromatic rings. The monoisotopic (exact) mass is 779 g/mol. The number of allylic oxidation sites excluding steroid dienone is 4. The van der Waals surface area contributed by atoms with Gasteiger partial charge in [-0.25, -0.2) is 4.79 Å². The van der Waals surface area contributed by atoms with Crippen LogP contribution in [0.4, 0.5) is 0 Å². The van der Waals surface area contributed by atoms with Crippen molar-refractivity contribution >= 4 is 17.9 Å². The van der Waals surface area contributed by atoms with E-state index in [1.807, 2.05) is 21.1 Å². The van der Waals surface area contributed by atoms with Crippen LogP contribution in [-0.2, 0) is 28.6 Å². The number of aliphatic carboxylic acids is 1. The summed E-state index contributed by atoms with van der Waals surface area (Å²) < 4.78 is 17.3. The highest BCUT2D eigenvalue weighted by atomic mass is 16.6. The van der Waals surface area contributed by atoms with Gasteiger partial charge < -0.3 is 23.8 Å². The Balaban J connectivity index is 4.32. The number of rotatable bonds is 41. The summed E-state index contributed by atoms with van der Waals surface area (Å²) in [6, 6.07) is -0.613. The van der Waals surface area contributed by atoms with Crippen molar-refractivity contribution in [2.75, 3.05) is 41.0 Å². The van der Waals surface area contributed by atoms with Crippen molar-refractivity contribution in [3.63, 3.8) is 0 Å². The van der Waals surface area contributed by atoms with Crippen LogP contribution in [0, 0.1) is 0 Å². The number of ether oxygens (including phenoxy) is 3. The number of carboxylic acids is 1. The summed E-state index contributed by atoms with van der Waals surface area (Å²) in [5.41, 5.74) is 0. The van der Waals surface area contributed by atoms with E-state index >= 15 is 0 Å². The van der Waals surface area contributed by atoms with Crippen molar-refractivity contribution in [2.45, 2.75) is 219 Å². The van der Waals surface area contributed by atoms with Gasteiger partial charge in [0, 0.05) is 19.3 Å². The number of likely N-dealkylation sites (N-methyl/N-ethyl adjacent to an activating group) is 1. The predicted molar refractivity (Wildman–Crippen MR) is 229 cm³/mol. The zero-order chi connectivity index (χ0) is 40.7. The van der Waals surface area contributed by atoms with Gasteiger partial charge in [0.2, 0.25) is 0 Å². The SMILES string of the molecule is CCCCC/C=C/C=C/CCCCCCCCC(=O)OCC(COCCC(C(=O)O)[N+](C)(C)C)OC(=O)CCCCCCCCCCCCCCCCCC. The standard InChI is InChI=1S/C47H87NO7/c1-6-8-10-12-14-16-18-20-22-24-26-28-30-32-34-36-38-46(50)55-43(41-53-40-39-44(47(51)52)48(3,4)5)42-54-45(49)37-35-33-31-29-27-25-23-21-19-17-15-13-11-9-7-2/h15,17,19,21,43-44H,6-14,16,18,20,22-42H2,1-5H3/p+1/b17-15+,21-19+. The molecule has 0 aliphatic carbocycles. The number of carboxylic acid groups (broad SMARTS) is 1.